The normalized spacial score (nSPS) is 11.2. The second-order valence-corrected chi connectivity index (χ2v) is 6.05. The molecule has 0 saturated carbocycles. The molecule has 0 unspecified atom stereocenters. The number of aliphatic hydroxyl groups excluding tert-OH is 1. The Bertz CT molecular complexity index is 851. The number of amides is 3. The fourth-order valence-corrected chi connectivity index (χ4v) is 2.41. The fourth-order valence-electron chi connectivity index (χ4n) is 2.41. The molecule has 2 rings (SSSR count). The number of carbonyl (C=O) groups excluding carboxylic acids is 3. The van der Waals surface area contributed by atoms with Crippen LogP contribution in [0.25, 0.3) is 0 Å². The van der Waals surface area contributed by atoms with Crippen LogP contribution < -0.4 is 20.7 Å². The first-order valence-electron chi connectivity index (χ1n) is 8.68. The van der Waals surface area contributed by atoms with Crippen LogP contribution in [0.1, 0.15) is 22.8 Å². The third kappa shape index (κ3) is 5.82. The molecule has 0 aromatic heterocycles. The zero-order valence-electron chi connectivity index (χ0n) is 15.7. The van der Waals surface area contributed by atoms with Crippen LogP contribution in [0.5, 0.6) is 5.75 Å². The monoisotopic (exact) mass is 385 g/mol. The zero-order chi connectivity index (χ0) is 20.5. The minimum Gasteiger partial charge on any atom is -0.496 e. The summed E-state index contributed by atoms with van der Waals surface area (Å²) in [6, 6.07) is 13.7. The third-order valence-electron chi connectivity index (χ3n) is 3.82. The van der Waals surface area contributed by atoms with E-state index in [-0.39, 0.29) is 24.3 Å². The van der Waals surface area contributed by atoms with Crippen molar-refractivity contribution in [2.45, 2.75) is 19.6 Å². The molecule has 4 N–H and O–H groups in total. The van der Waals surface area contributed by atoms with Crippen LogP contribution in [-0.4, -0.2) is 42.6 Å². The highest BCUT2D eigenvalue weighted by Gasteiger charge is 2.18. The van der Waals surface area contributed by atoms with E-state index in [2.05, 4.69) is 16.0 Å². The van der Waals surface area contributed by atoms with Crippen LogP contribution in [0.4, 0.5) is 5.69 Å². The maximum Gasteiger partial charge on any atom is 0.313 e. The summed E-state index contributed by atoms with van der Waals surface area (Å²) in [5, 5.41) is 16.7. The number of rotatable bonds is 7. The van der Waals surface area contributed by atoms with E-state index in [0.717, 1.165) is 5.56 Å². The van der Waals surface area contributed by atoms with Gasteiger partial charge in [0.05, 0.1) is 24.5 Å². The molecule has 2 aromatic carbocycles. The van der Waals surface area contributed by atoms with Gasteiger partial charge in [0.15, 0.2) is 0 Å². The number of hydrogen-bond acceptors (Lipinski definition) is 5. The minimum atomic E-state index is -0.925. The lowest BCUT2D eigenvalue weighted by Crippen LogP contribution is -2.39. The average Bonchev–Trinajstić information content (AvgIpc) is 2.70. The molecule has 28 heavy (non-hydrogen) atoms. The summed E-state index contributed by atoms with van der Waals surface area (Å²) in [7, 11) is 1.55. The van der Waals surface area contributed by atoms with Gasteiger partial charge in [0.1, 0.15) is 5.75 Å². The number of ether oxygens (including phenoxy) is 1. The van der Waals surface area contributed by atoms with E-state index in [1.165, 1.54) is 13.0 Å². The molecule has 0 aliphatic carbocycles. The molecule has 0 radical (unpaired) electrons. The van der Waals surface area contributed by atoms with E-state index < -0.39 is 23.8 Å². The van der Waals surface area contributed by atoms with E-state index in [4.69, 9.17) is 4.74 Å². The lowest BCUT2D eigenvalue weighted by molar-refractivity contribution is -0.136. The Kier molecular flexibility index (Phi) is 7.53. The Balaban J connectivity index is 2.05. The molecule has 2 aromatic rings. The molecule has 0 aliphatic rings. The van der Waals surface area contributed by atoms with Gasteiger partial charge in [-0.1, -0.05) is 30.3 Å². The molecule has 1 atom stereocenters. The van der Waals surface area contributed by atoms with E-state index in [9.17, 15) is 19.5 Å². The molecule has 148 valence electrons. The number of nitrogens with one attached hydrogen (secondary N) is 3. The maximum absolute atomic E-state index is 12.6. The Hall–Kier alpha value is -3.39. The zero-order valence-corrected chi connectivity index (χ0v) is 15.7. The van der Waals surface area contributed by atoms with E-state index in [1.54, 1.807) is 31.4 Å². The van der Waals surface area contributed by atoms with Gasteiger partial charge in [-0.25, -0.2) is 0 Å². The Labute approximate surface area is 162 Å². The first-order valence-corrected chi connectivity index (χ1v) is 8.68. The fraction of sp³-hybridized carbons (Fsp3) is 0.250. The van der Waals surface area contributed by atoms with Crippen LogP contribution >= 0.6 is 0 Å². The predicted molar refractivity (Wildman–Crippen MR) is 104 cm³/mol. The molecule has 3 amide bonds. The summed E-state index contributed by atoms with van der Waals surface area (Å²) in [5.41, 5.74) is 1.23. The van der Waals surface area contributed by atoms with Crippen molar-refractivity contribution < 1.29 is 24.2 Å². The van der Waals surface area contributed by atoms with Gasteiger partial charge in [0.2, 0.25) is 0 Å². The molecule has 0 fully saturated rings. The molecular weight excluding hydrogens is 362 g/mol. The highest BCUT2D eigenvalue weighted by atomic mass is 16.5. The highest BCUT2D eigenvalue weighted by Crippen LogP contribution is 2.18. The molecule has 0 aliphatic heterocycles. The molecular formula is C20H23N3O5. The van der Waals surface area contributed by atoms with Gasteiger partial charge in [0, 0.05) is 18.7 Å². The lowest BCUT2D eigenvalue weighted by Gasteiger charge is -2.13. The van der Waals surface area contributed by atoms with Crippen molar-refractivity contribution in [3.8, 4) is 5.75 Å². The summed E-state index contributed by atoms with van der Waals surface area (Å²) in [4.78, 5) is 36.3. The van der Waals surface area contributed by atoms with Gasteiger partial charge in [-0.15, -0.1) is 0 Å². The summed E-state index contributed by atoms with van der Waals surface area (Å²) < 4.78 is 5.26. The molecule has 8 nitrogen and oxygen atoms in total. The number of carbonyl (C=O) groups is 3. The first-order chi connectivity index (χ1) is 13.4. The average molecular weight is 385 g/mol. The van der Waals surface area contributed by atoms with Crippen molar-refractivity contribution in [2.75, 3.05) is 19.0 Å². The second kappa shape index (κ2) is 10.1. The first kappa shape index (κ1) is 20.9. The van der Waals surface area contributed by atoms with E-state index in [1.807, 2.05) is 18.2 Å². The van der Waals surface area contributed by atoms with Crippen molar-refractivity contribution in [3.63, 3.8) is 0 Å². The van der Waals surface area contributed by atoms with Gasteiger partial charge in [-0.3, -0.25) is 14.4 Å². The minimum absolute atomic E-state index is 0.0483. The number of anilines is 1. The number of para-hydroxylation sites is 2. The van der Waals surface area contributed by atoms with Gasteiger partial charge in [-0.2, -0.15) is 0 Å². The predicted octanol–water partition coefficient (Wildman–Crippen LogP) is 1.06. The van der Waals surface area contributed by atoms with Crippen LogP contribution in [0.2, 0.25) is 0 Å². The number of methoxy groups -OCH3 is 1. The van der Waals surface area contributed by atoms with Crippen molar-refractivity contribution in [1.29, 1.82) is 0 Å². The summed E-state index contributed by atoms with van der Waals surface area (Å²) in [6.45, 7) is 1.67. The standard InChI is InChI=1S/C20H23N3O5/c1-13(24)11-21-19(26)20(27)23-16-9-5-4-8-15(16)18(25)22-12-14-7-3-6-10-17(14)28-2/h3-10,13,24H,11-12H2,1-2H3,(H,21,26)(H,22,25)(H,23,27)/t13-/m1/s1. The Morgan fingerprint density at radius 2 is 1.68 bits per heavy atom. The Morgan fingerprint density at radius 3 is 2.39 bits per heavy atom. The molecule has 0 heterocycles. The third-order valence-corrected chi connectivity index (χ3v) is 3.82. The maximum atomic E-state index is 12.6. The smallest absolute Gasteiger partial charge is 0.313 e. The Morgan fingerprint density at radius 1 is 1.00 bits per heavy atom. The summed E-state index contributed by atoms with van der Waals surface area (Å²) >= 11 is 0. The lowest BCUT2D eigenvalue weighted by atomic mass is 10.1. The largest absolute Gasteiger partial charge is 0.496 e. The van der Waals surface area contributed by atoms with Crippen LogP contribution in [0.15, 0.2) is 48.5 Å². The van der Waals surface area contributed by atoms with Gasteiger partial charge in [0.25, 0.3) is 5.91 Å². The SMILES string of the molecule is COc1ccccc1CNC(=O)c1ccccc1NC(=O)C(=O)NC[C@@H](C)O. The highest BCUT2D eigenvalue weighted by molar-refractivity contribution is 6.40. The number of aliphatic hydroxyl groups is 1. The quantitative estimate of drug-likeness (QED) is 0.532. The van der Waals surface area contributed by atoms with Crippen molar-refractivity contribution in [1.82, 2.24) is 10.6 Å². The second-order valence-electron chi connectivity index (χ2n) is 6.05. The summed E-state index contributed by atoms with van der Waals surface area (Å²) in [6.07, 6.45) is -0.773. The van der Waals surface area contributed by atoms with Crippen molar-refractivity contribution >= 4 is 23.4 Å². The molecule has 0 bridgehead atoms. The molecule has 0 spiro atoms. The van der Waals surface area contributed by atoms with Gasteiger partial charge < -0.3 is 25.8 Å². The number of benzene rings is 2. The van der Waals surface area contributed by atoms with E-state index >= 15 is 0 Å². The topological polar surface area (TPSA) is 117 Å². The van der Waals surface area contributed by atoms with E-state index in [0.29, 0.717) is 5.75 Å². The molecule has 0 saturated heterocycles. The van der Waals surface area contributed by atoms with Crippen molar-refractivity contribution in [3.05, 3.63) is 59.7 Å². The van der Waals surface area contributed by atoms with Gasteiger partial charge in [-0.05, 0) is 25.1 Å². The van der Waals surface area contributed by atoms with Crippen molar-refractivity contribution in [2.24, 2.45) is 0 Å². The van der Waals surface area contributed by atoms with Gasteiger partial charge >= 0.3 is 11.8 Å². The van der Waals surface area contributed by atoms with Crippen LogP contribution in [0, 0.1) is 0 Å². The van der Waals surface area contributed by atoms with Crippen LogP contribution in [-0.2, 0) is 16.1 Å². The molecule has 8 heteroatoms. The number of hydrogen-bond donors (Lipinski definition) is 4. The summed E-state index contributed by atoms with van der Waals surface area (Å²) in [5.74, 6) is -1.58. The van der Waals surface area contributed by atoms with Crippen LogP contribution in [0.3, 0.4) is 0 Å².